The van der Waals surface area contributed by atoms with E-state index in [1.807, 2.05) is 0 Å². The number of quaternary nitrogens is 1. The fourth-order valence-electron chi connectivity index (χ4n) is 2.74. The lowest BCUT2D eigenvalue weighted by atomic mass is 10.1. The maximum atomic E-state index is 12.5. The number of rotatable bonds is 6. The lowest BCUT2D eigenvalue weighted by Crippen LogP contribution is -3.14. The van der Waals surface area contributed by atoms with E-state index in [0.29, 0.717) is 17.8 Å². The summed E-state index contributed by atoms with van der Waals surface area (Å²) < 4.78 is 10.4. The van der Waals surface area contributed by atoms with E-state index < -0.39 is 0 Å². The average molecular weight is 344 g/mol. The number of para-hydroxylation sites is 1. The van der Waals surface area contributed by atoms with E-state index in [4.69, 9.17) is 9.15 Å². The SMILES string of the molecule is O=C(Nc1ccccc1C(=O)NCC[NH+]1CCOCC1)c1ccco1. The predicted octanol–water partition coefficient (Wildman–Crippen LogP) is 0.177. The summed E-state index contributed by atoms with van der Waals surface area (Å²) in [5, 5.41) is 5.64. The topological polar surface area (TPSA) is 85.0 Å². The Labute approximate surface area is 145 Å². The zero-order chi connectivity index (χ0) is 17.5. The Bertz CT molecular complexity index is 709. The summed E-state index contributed by atoms with van der Waals surface area (Å²) in [5.41, 5.74) is 0.888. The predicted molar refractivity (Wildman–Crippen MR) is 91.8 cm³/mol. The summed E-state index contributed by atoms with van der Waals surface area (Å²) in [6, 6.07) is 10.1. The maximum absolute atomic E-state index is 12.5. The highest BCUT2D eigenvalue weighted by molar-refractivity contribution is 6.07. The van der Waals surface area contributed by atoms with Gasteiger partial charge in [-0.05, 0) is 24.3 Å². The second-order valence-electron chi connectivity index (χ2n) is 5.85. The van der Waals surface area contributed by atoms with E-state index in [9.17, 15) is 9.59 Å². The van der Waals surface area contributed by atoms with Gasteiger partial charge in [0.1, 0.15) is 13.1 Å². The zero-order valence-corrected chi connectivity index (χ0v) is 13.9. The Morgan fingerprint density at radius 1 is 1.04 bits per heavy atom. The minimum absolute atomic E-state index is 0.200. The quantitative estimate of drug-likeness (QED) is 0.698. The van der Waals surface area contributed by atoms with Crippen molar-refractivity contribution < 1.29 is 23.6 Å². The number of furan rings is 1. The number of benzene rings is 1. The summed E-state index contributed by atoms with van der Waals surface area (Å²) in [7, 11) is 0. The number of hydrogen-bond acceptors (Lipinski definition) is 4. The van der Waals surface area contributed by atoms with Gasteiger partial charge in [0, 0.05) is 0 Å². The number of anilines is 1. The van der Waals surface area contributed by atoms with Crippen LogP contribution in [-0.2, 0) is 4.74 Å². The Balaban J connectivity index is 1.57. The number of carbonyl (C=O) groups excluding carboxylic acids is 2. The molecule has 1 aromatic carbocycles. The van der Waals surface area contributed by atoms with Crippen LogP contribution < -0.4 is 15.5 Å². The number of morpholine rings is 1. The molecular weight excluding hydrogens is 322 g/mol. The number of carbonyl (C=O) groups is 2. The third-order valence-corrected chi connectivity index (χ3v) is 4.13. The highest BCUT2D eigenvalue weighted by Crippen LogP contribution is 2.16. The van der Waals surface area contributed by atoms with Crippen molar-refractivity contribution in [3.8, 4) is 0 Å². The van der Waals surface area contributed by atoms with Crippen LogP contribution in [0.1, 0.15) is 20.9 Å². The van der Waals surface area contributed by atoms with Crippen molar-refractivity contribution in [2.45, 2.75) is 0 Å². The molecule has 0 spiro atoms. The number of hydrogen-bond donors (Lipinski definition) is 3. The summed E-state index contributed by atoms with van der Waals surface area (Å²) in [6.07, 6.45) is 1.43. The minimum atomic E-state index is -0.386. The first kappa shape index (κ1) is 17.2. The molecule has 0 atom stereocenters. The van der Waals surface area contributed by atoms with Crippen LogP contribution >= 0.6 is 0 Å². The lowest BCUT2D eigenvalue weighted by molar-refractivity contribution is -0.906. The van der Waals surface area contributed by atoms with Crippen molar-refractivity contribution in [3.63, 3.8) is 0 Å². The molecule has 1 aliphatic heterocycles. The van der Waals surface area contributed by atoms with Crippen molar-refractivity contribution in [3.05, 3.63) is 54.0 Å². The molecule has 25 heavy (non-hydrogen) atoms. The Morgan fingerprint density at radius 2 is 1.84 bits per heavy atom. The van der Waals surface area contributed by atoms with E-state index in [0.717, 1.165) is 32.8 Å². The van der Waals surface area contributed by atoms with Gasteiger partial charge in [-0.3, -0.25) is 9.59 Å². The highest BCUT2D eigenvalue weighted by Gasteiger charge is 2.17. The van der Waals surface area contributed by atoms with Crippen LogP contribution in [0.2, 0.25) is 0 Å². The molecule has 1 fully saturated rings. The van der Waals surface area contributed by atoms with Gasteiger partial charge in [0.15, 0.2) is 5.76 Å². The second-order valence-corrected chi connectivity index (χ2v) is 5.85. The number of amides is 2. The molecule has 7 nitrogen and oxygen atoms in total. The van der Waals surface area contributed by atoms with Crippen molar-refractivity contribution in [1.29, 1.82) is 0 Å². The van der Waals surface area contributed by atoms with Gasteiger partial charge in [0.2, 0.25) is 0 Å². The van der Waals surface area contributed by atoms with E-state index in [2.05, 4.69) is 10.6 Å². The summed E-state index contributed by atoms with van der Waals surface area (Å²) in [5.74, 6) is -0.392. The van der Waals surface area contributed by atoms with Gasteiger partial charge in [-0.1, -0.05) is 12.1 Å². The summed E-state index contributed by atoms with van der Waals surface area (Å²) in [6.45, 7) is 4.90. The molecule has 2 amide bonds. The van der Waals surface area contributed by atoms with Crippen molar-refractivity contribution in [2.24, 2.45) is 0 Å². The van der Waals surface area contributed by atoms with Crippen LogP contribution in [0.15, 0.2) is 47.1 Å². The van der Waals surface area contributed by atoms with Crippen LogP contribution in [0.5, 0.6) is 0 Å². The van der Waals surface area contributed by atoms with Gasteiger partial charge in [-0.2, -0.15) is 0 Å². The summed E-state index contributed by atoms with van der Waals surface area (Å²) in [4.78, 5) is 26.0. The molecule has 2 heterocycles. The number of nitrogens with one attached hydrogen (secondary N) is 3. The van der Waals surface area contributed by atoms with Crippen LogP contribution in [0.3, 0.4) is 0 Å². The minimum Gasteiger partial charge on any atom is -0.459 e. The molecule has 0 aliphatic carbocycles. The van der Waals surface area contributed by atoms with Gasteiger partial charge in [-0.15, -0.1) is 0 Å². The largest absolute Gasteiger partial charge is 0.459 e. The average Bonchev–Trinajstić information content (AvgIpc) is 3.18. The molecule has 7 heteroatoms. The van der Waals surface area contributed by atoms with Gasteiger partial charge in [0.05, 0.1) is 43.8 Å². The third-order valence-electron chi connectivity index (χ3n) is 4.13. The van der Waals surface area contributed by atoms with E-state index >= 15 is 0 Å². The number of ether oxygens (including phenoxy) is 1. The van der Waals surface area contributed by atoms with Gasteiger partial charge >= 0.3 is 0 Å². The fraction of sp³-hybridized carbons (Fsp3) is 0.333. The van der Waals surface area contributed by atoms with Crippen LogP contribution in [-0.4, -0.2) is 51.2 Å². The summed E-state index contributed by atoms with van der Waals surface area (Å²) >= 11 is 0. The molecule has 1 saturated heterocycles. The van der Waals surface area contributed by atoms with Crippen molar-refractivity contribution in [1.82, 2.24) is 5.32 Å². The van der Waals surface area contributed by atoms with E-state index in [-0.39, 0.29) is 17.6 Å². The Kier molecular flexibility index (Phi) is 5.81. The first-order chi connectivity index (χ1) is 12.2. The Hall–Kier alpha value is -2.64. The van der Waals surface area contributed by atoms with Crippen molar-refractivity contribution >= 4 is 17.5 Å². The molecule has 132 valence electrons. The molecule has 2 aromatic rings. The molecule has 3 rings (SSSR count). The molecule has 0 radical (unpaired) electrons. The molecule has 3 N–H and O–H groups in total. The molecule has 0 bridgehead atoms. The standard InChI is InChI=1S/C18H21N3O4/c22-17(19-7-8-21-9-12-24-13-10-21)14-4-1-2-5-15(14)20-18(23)16-6-3-11-25-16/h1-6,11H,7-10,12-13H2,(H,19,22)(H,20,23)/p+1. The van der Waals surface area contributed by atoms with Crippen molar-refractivity contribution in [2.75, 3.05) is 44.7 Å². The molecule has 1 aromatic heterocycles. The maximum Gasteiger partial charge on any atom is 0.291 e. The van der Waals surface area contributed by atoms with Crippen LogP contribution in [0.25, 0.3) is 0 Å². The molecule has 0 unspecified atom stereocenters. The van der Waals surface area contributed by atoms with Gasteiger partial charge in [0.25, 0.3) is 11.8 Å². The first-order valence-corrected chi connectivity index (χ1v) is 8.37. The van der Waals surface area contributed by atoms with E-state index in [1.165, 1.54) is 11.2 Å². The monoisotopic (exact) mass is 344 g/mol. The Morgan fingerprint density at radius 3 is 2.60 bits per heavy atom. The fourth-order valence-corrected chi connectivity index (χ4v) is 2.74. The third kappa shape index (κ3) is 4.68. The zero-order valence-electron chi connectivity index (χ0n) is 13.9. The molecular formula is C18H22N3O4+. The van der Waals surface area contributed by atoms with Crippen LogP contribution in [0, 0.1) is 0 Å². The second kappa shape index (κ2) is 8.46. The first-order valence-electron chi connectivity index (χ1n) is 8.37. The molecule has 0 saturated carbocycles. The van der Waals surface area contributed by atoms with Gasteiger partial charge in [-0.25, -0.2) is 0 Å². The van der Waals surface area contributed by atoms with Crippen LogP contribution in [0.4, 0.5) is 5.69 Å². The lowest BCUT2D eigenvalue weighted by Gasteiger charge is -2.23. The smallest absolute Gasteiger partial charge is 0.291 e. The highest BCUT2D eigenvalue weighted by atomic mass is 16.5. The van der Waals surface area contributed by atoms with Gasteiger partial charge < -0.3 is 24.7 Å². The normalized spacial score (nSPS) is 14.9. The molecule has 1 aliphatic rings. The van der Waals surface area contributed by atoms with E-state index in [1.54, 1.807) is 36.4 Å².